The molecule has 2 atom stereocenters. The van der Waals surface area contributed by atoms with Gasteiger partial charge in [0.05, 0.1) is 5.84 Å². The zero-order chi connectivity index (χ0) is 24.6. The van der Waals surface area contributed by atoms with Crippen LogP contribution in [-0.2, 0) is 16.4 Å². The molecule has 5 rings (SSSR count). The molecule has 1 saturated heterocycles. The Morgan fingerprint density at radius 1 is 0.943 bits per heavy atom. The molecule has 0 radical (unpaired) electrons. The van der Waals surface area contributed by atoms with Gasteiger partial charge >= 0.3 is 0 Å². The van der Waals surface area contributed by atoms with Crippen LogP contribution >= 0.6 is 0 Å². The number of amidine groups is 1. The Morgan fingerprint density at radius 3 is 2.43 bits per heavy atom. The minimum atomic E-state index is -3.86. The topological polar surface area (TPSA) is 70.6 Å². The van der Waals surface area contributed by atoms with Gasteiger partial charge in [-0.2, -0.15) is 0 Å². The fourth-order valence-corrected chi connectivity index (χ4v) is 6.93. The summed E-state index contributed by atoms with van der Waals surface area (Å²) in [6, 6.07) is 8.30. The normalized spacial score (nSPS) is 27.3. The number of fused-ring (bicyclic) bond motifs is 3. The highest BCUT2D eigenvalue weighted by molar-refractivity contribution is 7.89. The molecule has 0 amide bonds. The third kappa shape index (κ3) is 5.26. The molecule has 3 aliphatic rings. The Kier molecular flexibility index (Phi) is 6.90. The molecule has 1 heterocycles. The summed E-state index contributed by atoms with van der Waals surface area (Å²) in [4.78, 5) is 4.51. The largest absolute Gasteiger partial charge is 0.370 e. The average Bonchev–Trinajstić information content (AvgIpc) is 3.27. The van der Waals surface area contributed by atoms with Gasteiger partial charge in [-0.3, -0.25) is 4.99 Å². The lowest BCUT2D eigenvalue weighted by molar-refractivity contribution is 0.280. The number of sulfonamides is 1. The number of hydrogen-bond acceptors (Lipinski definition) is 3. The maximum Gasteiger partial charge on any atom is 0.243 e. The van der Waals surface area contributed by atoms with Gasteiger partial charge in [0.1, 0.15) is 10.7 Å². The van der Waals surface area contributed by atoms with Gasteiger partial charge in [0, 0.05) is 31.5 Å². The second-order valence-corrected chi connectivity index (χ2v) is 11.8. The van der Waals surface area contributed by atoms with Crippen molar-refractivity contribution in [3.63, 3.8) is 0 Å². The lowest BCUT2D eigenvalue weighted by atomic mass is 9.79. The van der Waals surface area contributed by atoms with Crippen molar-refractivity contribution in [3.05, 3.63) is 65.0 Å². The first-order valence-electron chi connectivity index (χ1n) is 12.3. The van der Waals surface area contributed by atoms with Crippen LogP contribution in [0, 0.1) is 29.3 Å². The summed E-state index contributed by atoms with van der Waals surface area (Å²) < 4.78 is 68.7. The number of nitrogens with zero attached hydrogens (tertiary/aromatic N) is 1. The SMILES string of the molecule is O=S(=O)(NCC1CCC(CN=C2CC3c4cc(F)c(F)cc4CCC3N2)CC1)c1ccccc1F. The van der Waals surface area contributed by atoms with Crippen LogP contribution < -0.4 is 10.0 Å². The van der Waals surface area contributed by atoms with Crippen LogP contribution in [0.4, 0.5) is 13.2 Å². The highest BCUT2D eigenvalue weighted by Gasteiger charge is 2.37. The molecule has 2 aromatic carbocycles. The molecular weight excluding hydrogens is 475 g/mol. The molecule has 2 fully saturated rings. The minimum Gasteiger partial charge on any atom is -0.370 e. The summed E-state index contributed by atoms with van der Waals surface area (Å²) in [5, 5.41) is 3.50. The molecule has 2 aromatic rings. The van der Waals surface area contributed by atoms with Crippen molar-refractivity contribution in [1.29, 1.82) is 0 Å². The van der Waals surface area contributed by atoms with Crippen LogP contribution in [0.15, 0.2) is 46.3 Å². The molecule has 5 nitrogen and oxygen atoms in total. The van der Waals surface area contributed by atoms with Crippen LogP contribution in [0.5, 0.6) is 0 Å². The fraction of sp³-hybridized carbons (Fsp3) is 0.500. The van der Waals surface area contributed by atoms with E-state index in [0.717, 1.165) is 68.0 Å². The number of benzene rings is 2. The first kappa shape index (κ1) is 24.3. The van der Waals surface area contributed by atoms with Crippen molar-refractivity contribution < 1.29 is 21.6 Å². The van der Waals surface area contributed by atoms with Crippen molar-refractivity contribution in [3.8, 4) is 0 Å². The third-order valence-corrected chi connectivity index (χ3v) is 9.21. The van der Waals surface area contributed by atoms with Crippen molar-refractivity contribution in [2.75, 3.05) is 13.1 Å². The predicted octanol–water partition coefficient (Wildman–Crippen LogP) is 4.68. The van der Waals surface area contributed by atoms with Crippen LogP contribution in [0.2, 0.25) is 0 Å². The summed E-state index contributed by atoms with van der Waals surface area (Å²) in [5.74, 6) is -0.586. The maximum atomic E-state index is 13.9. The minimum absolute atomic E-state index is 0.130. The quantitative estimate of drug-likeness (QED) is 0.599. The van der Waals surface area contributed by atoms with E-state index in [4.69, 9.17) is 4.99 Å². The van der Waals surface area contributed by atoms with Crippen LogP contribution in [0.1, 0.15) is 55.6 Å². The van der Waals surface area contributed by atoms with E-state index in [1.54, 1.807) is 0 Å². The molecule has 35 heavy (non-hydrogen) atoms. The standard InChI is InChI=1S/C26H30F3N3O2S/c27-21-3-1-2-4-25(21)35(33,34)31-15-17-7-5-16(6-8-17)14-30-26-13-20-19-12-23(29)22(28)11-18(19)9-10-24(20)32-26/h1-4,11-12,16-17,20,24,31H,5-10,13-15H2,(H,30,32). The van der Waals surface area contributed by atoms with Crippen molar-refractivity contribution in [2.24, 2.45) is 16.8 Å². The molecule has 0 spiro atoms. The summed E-state index contributed by atoms with van der Waals surface area (Å²) in [7, 11) is -3.86. The first-order chi connectivity index (χ1) is 16.8. The fourth-order valence-electron chi connectivity index (χ4n) is 5.74. The van der Waals surface area contributed by atoms with Crippen LogP contribution in [0.3, 0.4) is 0 Å². The second-order valence-electron chi connectivity index (χ2n) is 10.0. The van der Waals surface area contributed by atoms with E-state index in [1.807, 2.05) is 0 Å². The zero-order valence-corrected chi connectivity index (χ0v) is 20.3. The number of aliphatic imine (C=N–C) groups is 1. The summed E-state index contributed by atoms with van der Waals surface area (Å²) >= 11 is 0. The van der Waals surface area contributed by atoms with Crippen molar-refractivity contribution in [2.45, 2.75) is 61.8 Å². The first-order valence-corrected chi connectivity index (χ1v) is 13.8. The number of hydrogen-bond donors (Lipinski definition) is 2. The maximum absolute atomic E-state index is 13.9. The molecular formula is C26H30F3N3O2S. The Hall–Kier alpha value is -2.39. The van der Waals surface area contributed by atoms with Crippen molar-refractivity contribution in [1.82, 2.24) is 10.0 Å². The predicted molar refractivity (Wildman–Crippen MR) is 128 cm³/mol. The molecule has 2 aliphatic carbocycles. The van der Waals surface area contributed by atoms with E-state index < -0.39 is 27.5 Å². The van der Waals surface area contributed by atoms with E-state index in [0.29, 0.717) is 19.0 Å². The third-order valence-electron chi connectivity index (χ3n) is 7.75. The highest BCUT2D eigenvalue weighted by Crippen LogP contribution is 2.39. The summed E-state index contributed by atoms with van der Waals surface area (Å²) in [6.07, 6.45) is 6.05. The number of rotatable bonds is 6. The van der Waals surface area contributed by atoms with Crippen LogP contribution in [0.25, 0.3) is 0 Å². The van der Waals surface area contributed by atoms with Gasteiger partial charge in [0.15, 0.2) is 11.6 Å². The van der Waals surface area contributed by atoms with E-state index in [1.165, 1.54) is 30.3 Å². The molecule has 1 aliphatic heterocycles. The van der Waals surface area contributed by atoms with E-state index in [-0.39, 0.29) is 22.8 Å². The molecule has 2 unspecified atom stereocenters. The molecule has 2 N–H and O–H groups in total. The van der Waals surface area contributed by atoms with Gasteiger partial charge in [-0.1, -0.05) is 12.1 Å². The van der Waals surface area contributed by atoms with Gasteiger partial charge < -0.3 is 5.32 Å². The molecule has 9 heteroatoms. The average molecular weight is 506 g/mol. The van der Waals surface area contributed by atoms with E-state index in [9.17, 15) is 21.6 Å². The number of aryl methyl sites for hydroxylation is 1. The lowest BCUT2D eigenvalue weighted by Crippen LogP contribution is -2.33. The van der Waals surface area contributed by atoms with Gasteiger partial charge in [0.2, 0.25) is 10.0 Å². The van der Waals surface area contributed by atoms with Gasteiger partial charge in [-0.15, -0.1) is 0 Å². The molecule has 188 valence electrons. The van der Waals surface area contributed by atoms with E-state index in [2.05, 4.69) is 10.0 Å². The zero-order valence-electron chi connectivity index (χ0n) is 19.4. The Labute approximate surface area is 204 Å². The van der Waals surface area contributed by atoms with Crippen molar-refractivity contribution >= 4 is 15.9 Å². The van der Waals surface area contributed by atoms with Gasteiger partial charge in [-0.25, -0.2) is 26.3 Å². The smallest absolute Gasteiger partial charge is 0.243 e. The van der Waals surface area contributed by atoms with Gasteiger partial charge in [-0.05, 0) is 85.8 Å². The lowest BCUT2D eigenvalue weighted by Gasteiger charge is -2.28. The highest BCUT2D eigenvalue weighted by atomic mass is 32.2. The summed E-state index contributed by atoms with van der Waals surface area (Å²) in [5.41, 5.74) is 1.80. The Balaban J connectivity index is 1.11. The van der Waals surface area contributed by atoms with Gasteiger partial charge in [0.25, 0.3) is 0 Å². The molecule has 0 bridgehead atoms. The molecule has 0 aromatic heterocycles. The Morgan fingerprint density at radius 2 is 1.66 bits per heavy atom. The molecule has 1 saturated carbocycles. The Bertz CT molecular complexity index is 1230. The number of halogens is 3. The van der Waals surface area contributed by atoms with Crippen LogP contribution in [-0.4, -0.2) is 33.4 Å². The monoisotopic (exact) mass is 505 g/mol. The van der Waals surface area contributed by atoms with E-state index >= 15 is 0 Å². The second kappa shape index (κ2) is 9.93. The summed E-state index contributed by atoms with van der Waals surface area (Å²) in [6.45, 7) is 1.01. The number of nitrogens with one attached hydrogen (secondary N) is 2.